The predicted molar refractivity (Wildman–Crippen MR) is 112 cm³/mol. The topological polar surface area (TPSA) is 120 Å². The summed E-state index contributed by atoms with van der Waals surface area (Å²) in [6.45, 7) is 5.67. The molecule has 0 bridgehead atoms. The van der Waals surface area contributed by atoms with Gasteiger partial charge in [0.25, 0.3) is 0 Å². The molecule has 1 saturated heterocycles. The summed E-state index contributed by atoms with van der Waals surface area (Å²) in [5.41, 5.74) is 12.2. The number of carbonyl (C=O) groups is 2. The van der Waals surface area contributed by atoms with Crippen LogP contribution in [0.1, 0.15) is 23.7 Å². The first-order chi connectivity index (χ1) is 13.9. The maximum atomic E-state index is 12.4. The van der Waals surface area contributed by atoms with Gasteiger partial charge in [-0.25, -0.2) is 4.79 Å². The van der Waals surface area contributed by atoms with Gasteiger partial charge in [0.1, 0.15) is 11.4 Å². The molecule has 1 aliphatic heterocycles. The van der Waals surface area contributed by atoms with Crippen LogP contribution in [0.15, 0.2) is 40.5 Å². The van der Waals surface area contributed by atoms with Crippen molar-refractivity contribution in [2.24, 2.45) is 16.5 Å². The molecular formula is C20H27ClN4O4. The fourth-order valence-corrected chi connectivity index (χ4v) is 3.07. The van der Waals surface area contributed by atoms with Crippen molar-refractivity contribution in [2.75, 3.05) is 46.0 Å². The van der Waals surface area contributed by atoms with Crippen molar-refractivity contribution < 1.29 is 19.1 Å². The fraction of sp³-hybridized carbons (Fsp3) is 0.450. The number of esters is 1. The number of aliphatic imine (C=N–C) groups is 1. The summed E-state index contributed by atoms with van der Waals surface area (Å²) in [5.74, 6) is -1.21. The number of ether oxygens (including phenoxy) is 2. The number of morpholine rings is 1. The van der Waals surface area contributed by atoms with Crippen LogP contribution in [0.2, 0.25) is 5.02 Å². The van der Waals surface area contributed by atoms with Crippen molar-refractivity contribution in [2.45, 2.75) is 13.3 Å². The zero-order valence-corrected chi connectivity index (χ0v) is 17.3. The van der Waals surface area contributed by atoms with E-state index in [9.17, 15) is 9.59 Å². The lowest BCUT2D eigenvalue weighted by Crippen LogP contribution is -2.37. The average Bonchev–Trinajstić information content (AvgIpc) is 2.70. The maximum Gasteiger partial charge on any atom is 0.344 e. The highest BCUT2D eigenvalue weighted by Gasteiger charge is 2.20. The number of allylic oxidation sites excluding steroid dienone is 1. The van der Waals surface area contributed by atoms with Crippen LogP contribution in [0.3, 0.4) is 0 Å². The van der Waals surface area contributed by atoms with Crippen LogP contribution < -0.4 is 11.5 Å². The van der Waals surface area contributed by atoms with E-state index in [0.29, 0.717) is 11.6 Å². The van der Waals surface area contributed by atoms with Gasteiger partial charge in [-0.2, -0.15) is 0 Å². The molecule has 9 heteroatoms. The standard InChI is InChI=1S/C20H27ClN4O4/c1-14(22)18(19(23)24-7-4-8-25-9-11-28-12-10-25)20(27)29-13-17(26)15-5-2-3-6-16(15)21/h2-3,5-6H,4,7-13,22H2,1H3,(H2,23,24)/b18-14+. The number of hydrogen-bond donors (Lipinski definition) is 2. The molecule has 0 aromatic heterocycles. The highest BCUT2D eigenvalue weighted by molar-refractivity contribution is 6.34. The van der Waals surface area contributed by atoms with Gasteiger partial charge in [-0.15, -0.1) is 0 Å². The number of nitrogens with two attached hydrogens (primary N) is 2. The molecular weight excluding hydrogens is 396 g/mol. The number of benzene rings is 1. The first-order valence-corrected chi connectivity index (χ1v) is 9.79. The molecule has 1 aliphatic rings. The first-order valence-electron chi connectivity index (χ1n) is 9.41. The summed E-state index contributed by atoms with van der Waals surface area (Å²) < 4.78 is 10.4. The van der Waals surface area contributed by atoms with Gasteiger partial charge in [0, 0.05) is 37.4 Å². The lowest BCUT2D eigenvalue weighted by atomic mass is 10.1. The Kier molecular flexibility index (Phi) is 9.11. The number of carbonyl (C=O) groups excluding carboxylic acids is 2. The van der Waals surface area contributed by atoms with Gasteiger partial charge in [0.15, 0.2) is 6.61 Å². The summed E-state index contributed by atoms with van der Waals surface area (Å²) >= 11 is 5.98. The monoisotopic (exact) mass is 422 g/mol. The van der Waals surface area contributed by atoms with E-state index < -0.39 is 18.4 Å². The number of halogens is 1. The molecule has 158 valence electrons. The molecule has 0 saturated carbocycles. The smallest absolute Gasteiger partial charge is 0.344 e. The van der Waals surface area contributed by atoms with Crippen molar-refractivity contribution in [1.29, 1.82) is 0 Å². The molecule has 1 aromatic carbocycles. The zero-order chi connectivity index (χ0) is 21.2. The van der Waals surface area contributed by atoms with Crippen LogP contribution in [-0.4, -0.2) is 68.5 Å². The van der Waals surface area contributed by atoms with Crippen LogP contribution in [0.25, 0.3) is 0 Å². The summed E-state index contributed by atoms with van der Waals surface area (Å²) in [6.07, 6.45) is 0.789. The number of rotatable bonds is 9. The minimum Gasteiger partial charge on any atom is -0.454 e. The third-order valence-corrected chi connectivity index (χ3v) is 4.71. The maximum absolute atomic E-state index is 12.4. The molecule has 2 rings (SSSR count). The Labute approximate surface area is 175 Å². The fourth-order valence-electron chi connectivity index (χ4n) is 2.83. The Morgan fingerprint density at radius 3 is 2.59 bits per heavy atom. The highest BCUT2D eigenvalue weighted by Crippen LogP contribution is 2.16. The molecule has 0 unspecified atom stereocenters. The molecule has 8 nitrogen and oxygen atoms in total. The Balaban J connectivity index is 1.88. The summed E-state index contributed by atoms with van der Waals surface area (Å²) in [4.78, 5) is 31.1. The molecule has 1 fully saturated rings. The molecule has 1 heterocycles. The van der Waals surface area contributed by atoms with Crippen molar-refractivity contribution in [3.63, 3.8) is 0 Å². The number of nitrogens with zero attached hydrogens (tertiary/aromatic N) is 2. The van der Waals surface area contributed by atoms with Gasteiger partial charge in [0.05, 0.1) is 18.2 Å². The number of Topliss-reactive ketones (excluding diaryl/α,β-unsaturated/α-hetero) is 1. The van der Waals surface area contributed by atoms with Crippen LogP contribution in [0, 0.1) is 0 Å². The van der Waals surface area contributed by atoms with Crippen molar-refractivity contribution in [3.8, 4) is 0 Å². The second kappa shape index (κ2) is 11.5. The average molecular weight is 423 g/mol. The summed E-state index contributed by atoms with van der Waals surface area (Å²) in [5, 5.41) is 0.292. The van der Waals surface area contributed by atoms with Gasteiger partial charge >= 0.3 is 5.97 Å². The van der Waals surface area contributed by atoms with Crippen LogP contribution in [0.4, 0.5) is 0 Å². The second-order valence-electron chi connectivity index (χ2n) is 6.61. The van der Waals surface area contributed by atoms with Crippen molar-refractivity contribution in [1.82, 2.24) is 4.90 Å². The van der Waals surface area contributed by atoms with Crippen molar-refractivity contribution in [3.05, 3.63) is 46.1 Å². The zero-order valence-electron chi connectivity index (χ0n) is 16.5. The quantitative estimate of drug-likeness (QED) is 0.154. The van der Waals surface area contributed by atoms with Crippen LogP contribution in [0.5, 0.6) is 0 Å². The number of amidine groups is 1. The second-order valence-corrected chi connectivity index (χ2v) is 7.02. The van der Waals surface area contributed by atoms with E-state index in [0.717, 1.165) is 39.3 Å². The summed E-state index contributed by atoms with van der Waals surface area (Å²) in [7, 11) is 0. The SMILES string of the molecule is C/C(N)=C(\C(=O)OCC(=O)c1ccccc1Cl)C(N)=NCCCN1CCOCC1. The van der Waals surface area contributed by atoms with Gasteiger partial charge in [-0.05, 0) is 25.5 Å². The van der Waals surface area contributed by atoms with Gasteiger partial charge in [-0.1, -0.05) is 23.7 Å². The molecule has 0 aliphatic carbocycles. The number of hydrogen-bond acceptors (Lipinski definition) is 7. The molecule has 0 radical (unpaired) electrons. The highest BCUT2D eigenvalue weighted by atomic mass is 35.5. The van der Waals surface area contributed by atoms with E-state index in [1.165, 1.54) is 6.92 Å². The number of ketones is 1. The lowest BCUT2D eigenvalue weighted by Gasteiger charge is -2.26. The van der Waals surface area contributed by atoms with E-state index in [2.05, 4.69) is 9.89 Å². The molecule has 1 aromatic rings. The van der Waals surface area contributed by atoms with E-state index in [1.807, 2.05) is 0 Å². The Morgan fingerprint density at radius 1 is 1.24 bits per heavy atom. The normalized spacial score (nSPS) is 16.3. The third-order valence-electron chi connectivity index (χ3n) is 4.38. The Bertz CT molecular complexity index is 784. The molecule has 0 amide bonds. The first kappa shape index (κ1) is 22.9. The largest absolute Gasteiger partial charge is 0.454 e. The van der Waals surface area contributed by atoms with Gasteiger partial charge in [-0.3, -0.25) is 14.7 Å². The van der Waals surface area contributed by atoms with Crippen molar-refractivity contribution >= 4 is 29.2 Å². The molecule has 0 spiro atoms. The Morgan fingerprint density at radius 2 is 1.93 bits per heavy atom. The van der Waals surface area contributed by atoms with Crippen LogP contribution >= 0.6 is 11.6 Å². The molecule has 4 N–H and O–H groups in total. The van der Waals surface area contributed by atoms with Crippen LogP contribution in [-0.2, 0) is 14.3 Å². The lowest BCUT2D eigenvalue weighted by molar-refractivity contribution is -0.137. The molecule has 0 atom stereocenters. The van der Waals surface area contributed by atoms with E-state index in [1.54, 1.807) is 24.3 Å². The van der Waals surface area contributed by atoms with E-state index in [-0.39, 0.29) is 22.7 Å². The van der Waals surface area contributed by atoms with E-state index >= 15 is 0 Å². The Hall–Kier alpha value is -2.42. The predicted octanol–water partition coefficient (Wildman–Crippen LogP) is 1.38. The minimum absolute atomic E-state index is 0.00201. The van der Waals surface area contributed by atoms with Gasteiger partial charge < -0.3 is 20.9 Å². The molecule has 29 heavy (non-hydrogen) atoms. The minimum atomic E-state index is -0.792. The van der Waals surface area contributed by atoms with E-state index in [4.69, 9.17) is 32.5 Å². The summed E-state index contributed by atoms with van der Waals surface area (Å²) in [6, 6.07) is 6.54. The van der Waals surface area contributed by atoms with Gasteiger partial charge in [0.2, 0.25) is 5.78 Å². The third kappa shape index (κ3) is 7.16.